The van der Waals surface area contributed by atoms with Gasteiger partial charge in [-0.3, -0.25) is 9.47 Å². The number of benzene rings is 1. The largest absolute Gasteiger partial charge is 0.393 e. The van der Waals surface area contributed by atoms with Gasteiger partial charge >= 0.3 is 0 Å². The maximum absolute atomic E-state index is 10.1. The van der Waals surface area contributed by atoms with E-state index in [1.54, 1.807) is 6.20 Å². The molecular formula is C30H34N5O2S+. The Hall–Kier alpha value is -2.96. The molecule has 2 fully saturated rings. The first-order chi connectivity index (χ1) is 18.5. The fraction of sp³-hybridized carbons (Fsp3) is 0.433. The molecule has 0 aliphatic carbocycles. The molecule has 2 unspecified atom stereocenters. The molecule has 196 valence electrons. The van der Waals surface area contributed by atoms with Crippen molar-refractivity contribution in [3.05, 3.63) is 60.0 Å². The lowest BCUT2D eigenvalue weighted by Crippen LogP contribution is -2.44. The summed E-state index contributed by atoms with van der Waals surface area (Å²) in [5, 5.41) is 21.5. The van der Waals surface area contributed by atoms with E-state index in [2.05, 4.69) is 63.4 Å². The quantitative estimate of drug-likeness (QED) is 0.268. The molecule has 0 amide bonds. The molecule has 3 aromatic heterocycles. The topological polar surface area (TPSA) is 87.2 Å². The monoisotopic (exact) mass is 528 g/mol. The second kappa shape index (κ2) is 10.7. The Labute approximate surface area is 226 Å². The van der Waals surface area contributed by atoms with Crippen molar-refractivity contribution in [1.29, 1.82) is 5.26 Å². The van der Waals surface area contributed by atoms with Gasteiger partial charge in [0.25, 0.3) is 0 Å². The van der Waals surface area contributed by atoms with Crippen molar-refractivity contribution in [2.75, 3.05) is 24.9 Å². The van der Waals surface area contributed by atoms with Crippen molar-refractivity contribution >= 4 is 32.8 Å². The molecule has 0 radical (unpaired) electrons. The van der Waals surface area contributed by atoms with Gasteiger partial charge in [0.15, 0.2) is 0 Å². The highest BCUT2D eigenvalue weighted by Gasteiger charge is 2.39. The average molecular weight is 529 g/mol. The highest BCUT2D eigenvalue weighted by molar-refractivity contribution is 7.95. The van der Waals surface area contributed by atoms with Crippen LogP contribution in [0.2, 0.25) is 0 Å². The maximum Gasteiger partial charge on any atom is 0.142 e. The first-order valence-corrected chi connectivity index (χ1v) is 15.5. The number of fused-ring (bicyclic) bond motifs is 5. The van der Waals surface area contributed by atoms with Gasteiger partial charge < -0.3 is 9.84 Å². The summed E-state index contributed by atoms with van der Waals surface area (Å²) in [6.07, 6.45) is 12.2. The second-order valence-electron chi connectivity index (χ2n) is 10.8. The molecule has 6 rings (SSSR count). The van der Waals surface area contributed by atoms with Gasteiger partial charge in [-0.2, -0.15) is 5.26 Å². The van der Waals surface area contributed by atoms with E-state index in [0.29, 0.717) is 42.0 Å². The van der Waals surface area contributed by atoms with Crippen LogP contribution in [0.4, 0.5) is 0 Å². The zero-order valence-electron chi connectivity index (χ0n) is 22.0. The number of pyridine rings is 2. The predicted octanol–water partition coefficient (Wildman–Crippen LogP) is 4.46. The first kappa shape index (κ1) is 25.3. The number of nitrogens with zero attached hydrogens (tertiary/aromatic N) is 5. The van der Waals surface area contributed by atoms with Gasteiger partial charge in [0, 0.05) is 41.2 Å². The van der Waals surface area contributed by atoms with Crippen LogP contribution in [0.3, 0.4) is 0 Å². The molecule has 2 saturated heterocycles. The number of hydrogen-bond acceptors (Lipinski definition) is 6. The number of rotatable bonds is 8. The van der Waals surface area contributed by atoms with E-state index in [-0.39, 0.29) is 6.10 Å². The Kier molecular flexibility index (Phi) is 7.10. The van der Waals surface area contributed by atoms with E-state index >= 15 is 0 Å². The summed E-state index contributed by atoms with van der Waals surface area (Å²) in [6.45, 7) is 2.04. The van der Waals surface area contributed by atoms with Crippen molar-refractivity contribution in [3.63, 3.8) is 0 Å². The minimum Gasteiger partial charge on any atom is -0.393 e. The Morgan fingerprint density at radius 1 is 1.03 bits per heavy atom. The standard InChI is InChI=1S/C30H34N5O2S/c1-38(2)10-9-37-19-35-29-17-32-23(15-31)12-27(29)28-11-22(16-33-30(28)35)21-5-3-20(4-6-21)18-34-24-7-8-25(34)14-26(36)13-24/h3-6,11-12,16-17,24-26,36H,7-10,13-14,18-19H2,1-2H3/q+1. The Bertz CT molecular complexity index is 1480. The normalized spacial score (nSPS) is 21.5. The van der Waals surface area contributed by atoms with Gasteiger partial charge in [-0.25, -0.2) is 9.97 Å². The molecule has 38 heavy (non-hydrogen) atoms. The average Bonchev–Trinajstić information content (AvgIpc) is 3.35. The summed E-state index contributed by atoms with van der Waals surface area (Å²) in [7, 11) is 0.336. The van der Waals surface area contributed by atoms with Gasteiger partial charge in [-0.05, 0) is 59.8 Å². The molecule has 2 bridgehead atoms. The molecule has 0 spiro atoms. The predicted molar refractivity (Wildman–Crippen MR) is 153 cm³/mol. The van der Waals surface area contributed by atoms with Crippen molar-refractivity contribution < 1.29 is 9.84 Å². The van der Waals surface area contributed by atoms with Crippen LogP contribution in [-0.4, -0.2) is 67.6 Å². The van der Waals surface area contributed by atoms with E-state index in [9.17, 15) is 10.4 Å². The third-order valence-electron chi connectivity index (χ3n) is 8.07. The van der Waals surface area contributed by atoms with Crippen LogP contribution in [-0.2, 0) is 28.9 Å². The molecular weight excluding hydrogens is 494 g/mol. The van der Waals surface area contributed by atoms with Crippen molar-refractivity contribution in [2.45, 2.75) is 57.1 Å². The van der Waals surface area contributed by atoms with Crippen molar-refractivity contribution in [3.8, 4) is 17.2 Å². The minimum atomic E-state index is -0.133. The van der Waals surface area contributed by atoms with Crippen LogP contribution in [0, 0.1) is 11.3 Å². The lowest BCUT2D eigenvalue weighted by atomic mass is 9.98. The highest BCUT2D eigenvalue weighted by atomic mass is 32.2. The molecule has 1 aromatic carbocycles. The number of aliphatic hydroxyl groups excluding tert-OH is 1. The van der Waals surface area contributed by atoms with E-state index < -0.39 is 0 Å². The van der Waals surface area contributed by atoms with E-state index in [1.165, 1.54) is 18.4 Å². The number of piperidine rings is 1. The van der Waals surface area contributed by atoms with Crippen LogP contribution in [0.25, 0.3) is 33.1 Å². The lowest BCUT2D eigenvalue weighted by molar-refractivity contribution is 0.0310. The zero-order chi connectivity index (χ0) is 26.2. The molecule has 2 aliphatic rings. The third-order valence-corrected chi connectivity index (χ3v) is 9.05. The number of hydrogen-bond donors (Lipinski definition) is 1. The summed E-state index contributed by atoms with van der Waals surface area (Å²) in [4.78, 5) is 11.8. The molecule has 2 aliphatic heterocycles. The second-order valence-corrected chi connectivity index (χ2v) is 13.2. The molecule has 0 saturated carbocycles. The number of ether oxygens (including phenoxy) is 1. The summed E-state index contributed by atoms with van der Waals surface area (Å²) in [6, 6.07) is 16.0. The maximum atomic E-state index is 10.1. The fourth-order valence-electron chi connectivity index (χ4n) is 6.11. The Morgan fingerprint density at radius 2 is 1.79 bits per heavy atom. The number of aliphatic hydroxyl groups is 1. The van der Waals surface area contributed by atoms with E-state index in [0.717, 1.165) is 58.2 Å². The van der Waals surface area contributed by atoms with Crippen molar-refractivity contribution in [1.82, 2.24) is 19.4 Å². The molecule has 4 aromatic rings. The molecule has 8 heteroatoms. The van der Waals surface area contributed by atoms with Crippen molar-refractivity contribution in [2.24, 2.45) is 0 Å². The van der Waals surface area contributed by atoms with Crippen LogP contribution < -0.4 is 0 Å². The molecule has 7 nitrogen and oxygen atoms in total. The highest BCUT2D eigenvalue weighted by Crippen LogP contribution is 2.37. The van der Waals surface area contributed by atoms with Gasteiger partial charge in [-0.15, -0.1) is 0 Å². The van der Waals surface area contributed by atoms with Gasteiger partial charge in [0.1, 0.15) is 29.9 Å². The fourth-order valence-corrected chi connectivity index (χ4v) is 6.56. The van der Waals surface area contributed by atoms with Crippen LogP contribution in [0.15, 0.2) is 48.8 Å². The molecule has 5 heterocycles. The van der Waals surface area contributed by atoms with Gasteiger partial charge in [0.2, 0.25) is 0 Å². The molecule has 2 atom stereocenters. The summed E-state index contributed by atoms with van der Waals surface area (Å²) < 4.78 is 8.05. The first-order valence-electron chi connectivity index (χ1n) is 13.3. The number of nitriles is 1. The van der Waals surface area contributed by atoms with Crippen LogP contribution in [0.5, 0.6) is 0 Å². The van der Waals surface area contributed by atoms with Crippen LogP contribution >= 0.6 is 0 Å². The Balaban J connectivity index is 1.28. The smallest absolute Gasteiger partial charge is 0.142 e. The number of aromatic nitrogens is 3. The third kappa shape index (κ3) is 4.92. The molecule has 1 N–H and O–H groups in total. The summed E-state index contributed by atoms with van der Waals surface area (Å²) >= 11 is 0. The van der Waals surface area contributed by atoms with Crippen LogP contribution in [0.1, 0.15) is 36.9 Å². The summed E-state index contributed by atoms with van der Waals surface area (Å²) in [5.41, 5.74) is 5.62. The van der Waals surface area contributed by atoms with E-state index in [1.807, 2.05) is 12.3 Å². The van der Waals surface area contributed by atoms with E-state index in [4.69, 9.17) is 9.72 Å². The van der Waals surface area contributed by atoms with Gasteiger partial charge in [-0.1, -0.05) is 24.3 Å². The minimum absolute atomic E-state index is 0.133. The zero-order valence-corrected chi connectivity index (χ0v) is 22.8. The SMILES string of the molecule is C[S+](C)CCOCn1c2cnc(C#N)cc2c2cc(-c3ccc(CN4C5CCC4CC(O)C5)cc3)cnc21. The Morgan fingerprint density at radius 3 is 2.50 bits per heavy atom. The van der Waals surface area contributed by atoms with Gasteiger partial charge in [0.05, 0.1) is 36.9 Å². The lowest BCUT2D eigenvalue weighted by Gasteiger charge is -2.37. The summed E-state index contributed by atoms with van der Waals surface area (Å²) in [5.74, 6) is 1.03.